The molecule has 132 valence electrons. The normalized spacial score (nSPS) is 11.7. The number of thiophene rings is 1. The highest BCUT2D eigenvalue weighted by Gasteiger charge is 2.15. The van der Waals surface area contributed by atoms with E-state index in [1.807, 2.05) is 17.5 Å². The molecule has 6 nitrogen and oxygen atoms in total. The van der Waals surface area contributed by atoms with Crippen molar-refractivity contribution in [3.05, 3.63) is 46.7 Å². The zero-order valence-electron chi connectivity index (χ0n) is 13.5. The molecule has 0 aliphatic rings. The van der Waals surface area contributed by atoms with E-state index in [1.54, 1.807) is 12.1 Å². The van der Waals surface area contributed by atoms with Crippen LogP contribution in [0.25, 0.3) is 11.5 Å². The molecular formula is C16H17N3O3S3. The summed E-state index contributed by atoms with van der Waals surface area (Å²) in [5, 5.41) is 10.4. The summed E-state index contributed by atoms with van der Waals surface area (Å²) in [5.74, 6) is 1.29. The molecule has 0 unspecified atom stereocenters. The van der Waals surface area contributed by atoms with Crippen molar-refractivity contribution in [3.63, 3.8) is 0 Å². The van der Waals surface area contributed by atoms with E-state index in [0.717, 1.165) is 17.1 Å². The topological polar surface area (TPSA) is 85.1 Å². The molecule has 0 saturated carbocycles. The highest BCUT2D eigenvalue weighted by molar-refractivity contribution is 7.99. The van der Waals surface area contributed by atoms with Crippen LogP contribution >= 0.6 is 23.1 Å². The standard InChI is InChI=1S/C16H17N3O3S3/c1-2-9-24-16-19-18-15(22-16)12-5-7-14(8-6-12)25(20,21)17-11-13-4-3-10-23-13/h3-8,10,17H,2,9,11H2,1H3. The Kier molecular flexibility index (Phi) is 5.89. The van der Waals surface area contributed by atoms with Gasteiger partial charge in [0.15, 0.2) is 0 Å². The Morgan fingerprint density at radius 1 is 1.20 bits per heavy atom. The summed E-state index contributed by atoms with van der Waals surface area (Å²) < 4.78 is 32.8. The summed E-state index contributed by atoms with van der Waals surface area (Å²) in [4.78, 5) is 1.16. The van der Waals surface area contributed by atoms with E-state index in [-0.39, 0.29) is 11.4 Å². The van der Waals surface area contributed by atoms with Crippen molar-refractivity contribution >= 4 is 33.1 Å². The van der Waals surface area contributed by atoms with Crippen molar-refractivity contribution < 1.29 is 12.8 Å². The highest BCUT2D eigenvalue weighted by Crippen LogP contribution is 2.24. The maximum absolute atomic E-state index is 12.3. The number of thioether (sulfide) groups is 1. The van der Waals surface area contributed by atoms with E-state index in [4.69, 9.17) is 4.42 Å². The first kappa shape index (κ1) is 18.1. The fourth-order valence-electron chi connectivity index (χ4n) is 2.01. The van der Waals surface area contributed by atoms with Gasteiger partial charge in [-0.3, -0.25) is 0 Å². The maximum Gasteiger partial charge on any atom is 0.276 e. The number of nitrogens with zero attached hydrogens (tertiary/aromatic N) is 2. The van der Waals surface area contributed by atoms with Crippen molar-refractivity contribution in [3.8, 4) is 11.5 Å². The molecule has 0 spiro atoms. The lowest BCUT2D eigenvalue weighted by Crippen LogP contribution is -2.22. The molecule has 1 aromatic carbocycles. The van der Waals surface area contributed by atoms with Gasteiger partial charge in [-0.25, -0.2) is 13.1 Å². The lowest BCUT2D eigenvalue weighted by atomic mass is 10.2. The minimum Gasteiger partial charge on any atom is -0.411 e. The van der Waals surface area contributed by atoms with Crippen LogP contribution in [-0.4, -0.2) is 24.4 Å². The van der Waals surface area contributed by atoms with Gasteiger partial charge < -0.3 is 4.42 Å². The fourth-order valence-corrected chi connectivity index (χ4v) is 4.37. The molecular weight excluding hydrogens is 378 g/mol. The monoisotopic (exact) mass is 395 g/mol. The van der Waals surface area contributed by atoms with Gasteiger partial charge in [0.25, 0.3) is 5.22 Å². The van der Waals surface area contributed by atoms with Gasteiger partial charge in [0.2, 0.25) is 15.9 Å². The molecule has 25 heavy (non-hydrogen) atoms. The lowest BCUT2D eigenvalue weighted by Gasteiger charge is -2.06. The van der Waals surface area contributed by atoms with Crippen molar-refractivity contribution in [1.82, 2.24) is 14.9 Å². The SMILES string of the molecule is CCCSc1nnc(-c2ccc(S(=O)(=O)NCc3cccs3)cc2)o1. The quantitative estimate of drug-likeness (QED) is 0.584. The molecule has 0 saturated heterocycles. The molecule has 0 amide bonds. The molecule has 3 aromatic rings. The first-order valence-corrected chi connectivity index (χ1v) is 11.0. The Morgan fingerprint density at radius 2 is 2.00 bits per heavy atom. The van der Waals surface area contributed by atoms with Crippen molar-refractivity contribution in [2.75, 3.05) is 5.75 Å². The van der Waals surface area contributed by atoms with Gasteiger partial charge in [-0.1, -0.05) is 24.8 Å². The average Bonchev–Trinajstić information content (AvgIpc) is 3.30. The number of hydrogen-bond donors (Lipinski definition) is 1. The van der Waals surface area contributed by atoms with Crippen molar-refractivity contribution in [2.24, 2.45) is 0 Å². The third-order valence-electron chi connectivity index (χ3n) is 3.26. The number of rotatable bonds is 8. The van der Waals surface area contributed by atoms with Crippen LogP contribution in [0.1, 0.15) is 18.2 Å². The number of nitrogens with one attached hydrogen (secondary N) is 1. The summed E-state index contributed by atoms with van der Waals surface area (Å²) in [5.41, 5.74) is 0.688. The summed E-state index contributed by atoms with van der Waals surface area (Å²) in [6.45, 7) is 2.36. The van der Waals surface area contributed by atoms with Crippen molar-refractivity contribution in [2.45, 2.75) is 30.0 Å². The number of sulfonamides is 1. The van der Waals surface area contributed by atoms with E-state index in [2.05, 4.69) is 21.8 Å². The fraction of sp³-hybridized carbons (Fsp3) is 0.250. The zero-order chi connectivity index (χ0) is 17.7. The van der Waals surface area contributed by atoms with E-state index in [1.165, 1.54) is 35.2 Å². The molecule has 0 atom stereocenters. The first-order valence-electron chi connectivity index (χ1n) is 7.67. The Bertz CT molecular complexity index is 904. The number of aromatic nitrogens is 2. The summed E-state index contributed by atoms with van der Waals surface area (Å²) in [6, 6.07) is 10.2. The Hall–Kier alpha value is -1.68. The molecule has 2 heterocycles. The Morgan fingerprint density at radius 3 is 2.68 bits per heavy atom. The van der Waals surface area contributed by atoms with Crippen LogP contribution in [0, 0.1) is 0 Å². The van der Waals surface area contributed by atoms with Gasteiger partial charge in [0.05, 0.1) is 4.90 Å². The second kappa shape index (κ2) is 8.13. The van der Waals surface area contributed by atoms with Gasteiger partial charge in [0.1, 0.15) is 0 Å². The van der Waals surface area contributed by atoms with Crippen LogP contribution < -0.4 is 4.72 Å². The zero-order valence-corrected chi connectivity index (χ0v) is 16.0. The van der Waals surface area contributed by atoms with Crippen LogP contribution in [0.15, 0.2) is 56.3 Å². The second-order valence-corrected chi connectivity index (χ2v) is 9.00. The summed E-state index contributed by atoms with van der Waals surface area (Å²) in [7, 11) is -3.56. The van der Waals surface area contributed by atoms with Crippen LogP contribution in [0.4, 0.5) is 0 Å². The third kappa shape index (κ3) is 4.69. The number of benzene rings is 1. The minimum atomic E-state index is -3.56. The number of hydrogen-bond acceptors (Lipinski definition) is 7. The van der Waals surface area contributed by atoms with Crippen LogP contribution in [0.5, 0.6) is 0 Å². The van der Waals surface area contributed by atoms with Crippen LogP contribution in [0.3, 0.4) is 0 Å². The molecule has 0 radical (unpaired) electrons. The average molecular weight is 396 g/mol. The molecule has 2 aromatic heterocycles. The van der Waals surface area contributed by atoms with Gasteiger partial charge >= 0.3 is 0 Å². The van der Waals surface area contributed by atoms with Gasteiger partial charge in [-0.15, -0.1) is 21.5 Å². The van der Waals surface area contributed by atoms with E-state index < -0.39 is 10.0 Å². The lowest BCUT2D eigenvalue weighted by molar-refractivity contribution is 0.466. The molecule has 3 rings (SSSR count). The molecule has 0 aliphatic carbocycles. The smallest absolute Gasteiger partial charge is 0.276 e. The largest absolute Gasteiger partial charge is 0.411 e. The molecule has 1 N–H and O–H groups in total. The molecule has 0 fully saturated rings. The van der Waals surface area contributed by atoms with E-state index >= 15 is 0 Å². The first-order chi connectivity index (χ1) is 12.1. The van der Waals surface area contributed by atoms with Gasteiger partial charge in [-0.2, -0.15) is 0 Å². The summed E-state index contributed by atoms with van der Waals surface area (Å²) >= 11 is 3.01. The van der Waals surface area contributed by atoms with Crippen molar-refractivity contribution in [1.29, 1.82) is 0 Å². The van der Waals surface area contributed by atoms with Gasteiger partial charge in [0, 0.05) is 22.7 Å². The highest BCUT2D eigenvalue weighted by atomic mass is 32.2. The van der Waals surface area contributed by atoms with E-state index in [9.17, 15) is 8.42 Å². The summed E-state index contributed by atoms with van der Waals surface area (Å²) in [6.07, 6.45) is 1.02. The van der Waals surface area contributed by atoms with Crippen LogP contribution in [-0.2, 0) is 16.6 Å². The Balaban J connectivity index is 1.69. The second-order valence-electron chi connectivity index (χ2n) is 5.15. The Labute approximate surface area is 154 Å². The predicted octanol–water partition coefficient (Wildman–Crippen LogP) is 3.78. The molecule has 0 bridgehead atoms. The minimum absolute atomic E-state index is 0.202. The maximum atomic E-state index is 12.3. The van der Waals surface area contributed by atoms with E-state index in [0.29, 0.717) is 16.7 Å². The molecule has 0 aliphatic heterocycles. The van der Waals surface area contributed by atoms with Gasteiger partial charge in [-0.05, 0) is 42.1 Å². The molecule has 9 heteroatoms. The van der Waals surface area contributed by atoms with Crippen LogP contribution in [0.2, 0.25) is 0 Å². The third-order valence-corrected chi connectivity index (χ3v) is 6.58. The predicted molar refractivity (Wildman–Crippen MR) is 99.1 cm³/mol.